The molecule has 5 nitrogen and oxygen atoms in total. The van der Waals surface area contributed by atoms with Crippen LogP contribution in [0.4, 0.5) is 5.69 Å². The first-order valence-corrected chi connectivity index (χ1v) is 8.45. The number of fused-ring (bicyclic) bond motifs is 3. The Morgan fingerprint density at radius 3 is 2.96 bits per heavy atom. The maximum Gasteiger partial charge on any atom is 0.224 e. The molecule has 4 aromatic rings. The van der Waals surface area contributed by atoms with Crippen LogP contribution in [0.2, 0.25) is 0 Å². The number of oxazole rings is 1. The van der Waals surface area contributed by atoms with Gasteiger partial charge in [0.1, 0.15) is 6.26 Å². The first-order valence-electron chi connectivity index (χ1n) is 8.45. The fourth-order valence-electron chi connectivity index (χ4n) is 3.19. The summed E-state index contributed by atoms with van der Waals surface area (Å²) < 4.78 is 4.91. The molecule has 2 aromatic carbocycles. The second kappa shape index (κ2) is 6.43. The molecular weight excluding hydrogens is 314 g/mol. The number of aromatic nitrogens is 2. The highest BCUT2D eigenvalue weighted by Gasteiger charge is 2.09. The smallest absolute Gasteiger partial charge is 0.224 e. The van der Waals surface area contributed by atoms with Crippen molar-refractivity contribution in [3.63, 3.8) is 0 Å². The predicted molar refractivity (Wildman–Crippen MR) is 98.6 cm³/mol. The van der Waals surface area contributed by atoms with Crippen LogP contribution in [0.3, 0.4) is 0 Å². The Kier molecular flexibility index (Phi) is 3.98. The molecule has 0 saturated carbocycles. The number of nitrogens with zero attached hydrogens (tertiary/aromatic N) is 1. The molecule has 0 atom stereocenters. The Hall–Kier alpha value is -3.08. The number of amides is 1. The van der Waals surface area contributed by atoms with Crippen LogP contribution in [-0.4, -0.2) is 15.9 Å². The molecule has 4 rings (SSSR count). The average Bonchev–Trinajstić information content (AvgIpc) is 3.26. The van der Waals surface area contributed by atoms with E-state index in [1.54, 1.807) is 6.26 Å². The maximum atomic E-state index is 12.1. The molecule has 0 aliphatic carbocycles. The van der Waals surface area contributed by atoms with Gasteiger partial charge in [-0.15, -0.1) is 0 Å². The van der Waals surface area contributed by atoms with Gasteiger partial charge >= 0.3 is 0 Å². The van der Waals surface area contributed by atoms with Gasteiger partial charge in [0.15, 0.2) is 6.39 Å². The number of rotatable bonds is 5. The van der Waals surface area contributed by atoms with Crippen molar-refractivity contribution in [2.45, 2.75) is 26.2 Å². The first kappa shape index (κ1) is 15.4. The van der Waals surface area contributed by atoms with Crippen LogP contribution in [0, 0.1) is 0 Å². The SMILES string of the molecule is CCc1cccc2c1[nH]c1cc(NC(=O)CCc3cocn3)ccc12. The average molecular weight is 333 g/mol. The van der Waals surface area contributed by atoms with Gasteiger partial charge in [-0.3, -0.25) is 4.79 Å². The number of hydrogen-bond acceptors (Lipinski definition) is 3. The van der Waals surface area contributed by atoms with Crippen LogP contribution in [0.25, 0.3) is 21.8 Å². The number of nitrogens with one attached hydrogen (secondary N) is 2. The van der Waals surface area contributed by atoms with Crippen LogP contribution in [0.1, 0.15) is 24.6 Å². The van der Waals surface area contributed by atoms with Crippen LogP contribution >= 0.6 is 0 Å². The van der Waals surface area contributed by atoms with E-state index in [0.29, 0.717) is 12.8 Å². The number of carbonyl (C=O) groups excluding carboxylic acids is 1. The third kappa shape index (κ3) is 3.01. The van der Waals surface area contributed by atoms with E-state index in [1.807, 2.05) is 12.1 Å². The van der Waals surface area contributed by atoms with E-state index in [4.69, 9.17) is 4.42 Å². The number of anilines is 1. The molecule has 0 saturated heterocycles. The molecule has 0 spiro atoms. The van der Waals surface area contributed by atoms with Crippen molar-refractivity contribution in [3.05, 3.63) is 60.3 Å². The minimum atomic E-state index is -0.0345. The topological polar surface area (TPSA) is 70.9 Å². The largest absolute Gasteiger partial charge is 0.451 e. The molecule has 0 unspecified atom stereocenters. The van der Waals surface area contributed by atoms with Crippen LogP contribution in [0.15, 0.2) is 53.5 Å². The third-order valence-corrected chi connectivity index (χ3v) is 4.48. The number of aromatic amines is 1. The fourth-order valence-corrected chi connectivity index (χ4v) is 3.19. The highest BCUT2D eigenvalue weighted by Crippen LogP contribution is 2.29. The molecule has 1 amide bonds. The molecule has 2 aromatic heterocycles. The van der Waals surface area contributed by atoms with Crippen molar-refractivity contribution in [1.29, 1.82) is 0 Å². The molecule has 0 radical (unpaired) electrons. The number of hydrogen-bond donors (Lipinski definition) is 2. The van der Waals surface area contributed by atoms with Crippen molar-refractivity contribution >= 4 is 33.4 Å². The summed E-state index contributed by atoms with van der Waals surface area (Å²) in [5.74, 6) is -0.0345. The summed E-state index contributed by atoms with van der Waals surface area (Å²) in [5, 5.41) is 5.34. The van der Waals surface area contributed by atoms with Crippen LogP contribution in [0.5, 0.6) is 0 Å². The molecular formula is C20H19N3O2. The van der Waals surface area contributed by atoms with E-state index in [9.17, 15) is 4.79 Å². The lowest BCUT2D eigenvalue weighted by molar-refractivity contribution is -0.116. The van der Waals surface area contributed by atoms with Gasteiger partial charge in [-0.1, -0.05) is 31.2 Å². The minimum Gasteiger partial charge on any atom is -0.451 e. The molecule has 0 aliphatic rings. The normalized spacial score (nSPS) is 11.2. The third-order valence-electron chi connectivity index (χ3n) is 4.48. The molecule has 25 heavy (non-hydrogen) atoms. The summed E-state index contributed by atoms with van der Waals surface area (Å²) in [5.41, 5.74) is 5.09. The Morgan fingerprint density at radius 1 is 1.24 bits per heavy atom. The zero-order chi connectivity index (χ0) is 17.2. The zero-order valence-electron chi connectivity index (χ0n) is 14.0. The Balaban J connectivity index is 1.56. The van der Waals surface area contributed by atoms with E-state index < -0.39 is 0 Å². The Labute approximate surface area is 145 Å². The quantitative estimate of drug-likeness (QED) is 0.567. The predicted octanol–water partition coefficient (Wildman–Crippen LogP) is 4.44. The van der Waals surface area contributed by atoms with E-state index in [-0.39, 0.29) is 5.91 Å². The van der Waals surface area contributed by atoms with E-state index >= 15 is 0 Å². The second-order valence-corrected chi connectivity index (χ2v) is 6.11. The molecule has 126 valence electrons. The summed E-state index contributed by atoms with van der Waals surface area (Å²) >= 11 is 0. The molecule has 5 heteroatoms. The molecule has 2 N–H and O–H groups in total. The number of H-pyrrole nitrogens is 1. The van der Waals surface area contributed by atoms with Crippen molar-refractivity contribution in [1.82, 2.24) is 9.97 Å². The molecule has 0 fully saturated rings. The monoisotopic (exact) mass is 333 g/mol. The van der Waals surface area contributed by atoms with Crippen LogP contribution in [-0.2, 0) is 17.6 Å². The van der Waals surface area contributed by atoms with Crippen molar-refractivity contribution in [3.8, 4) is 0 Å². The summed E-state index contributed by atoms with van der Waals surface area (Å²) in [7, 11) is 0. The maximum absolute atomic E-state index is 12.1. The van der Waals surface area contributed by atoms with Crippen molar-refractivity contribution in [2.24, 2.45) is 0 Å². The Morgan fingerprint density at radius 2 is 2.16 bits per heavy atom. The standard InChI is InChI=1S/C20H19N3O2/c1-2-13-4-3-5-17-16-8-6-14(10-18(16)23-20(13)17)22-19(24)9-7-15-11-25-12-21-15/h3-6,8,10-12,23H,2,7,9H2,1H3,(H,22,24). The molecule has 2 heterocycles. The van der Waals surface area contributed by atoms with Gasteiger partial charge in [0.2, 0.25) is 5.91 Å². The summed E-state index contributed by atoms with van der Waals surface area (Å²) in [6, 6.07) is 12.4. The number of benzene rings is 2. The summed E-state index contributed by atoms with van der Waals surface area (Å²) in [4.78, 5) is 19.7. The zero-order valence-corrected chi connectivity index (χ0v) is 14.0. The van der Waals surface area contributed by atoms with Gasteiger partial charge < -0.3 is 14.7 Å². The highest BCUT2D eigenvalue weighted by molar-refractivity contribution is 6.09. The van der Waals surface area contributed by atoms with Gasteiger partial charge in [0.25, 0.3) is 0 Å². The number of para-hydroxylation sites is 1. The van der Waals surface area contributed by atoms with E-state index in [2.05, 4.69) is 46.5 Å². The first-order chi connectivity index (χ1) is 12.2. The van der Waals surface area contributed by atoms with Gasteiger partial charge in [-0.05, 0) is 24.1 Å². The van der Waals surface area contributed by atoms with Gasteiger partial charge in [0, 0.05) is 40.3 Å². The Bertz CT molecular complexity index is 1030. The van der Waals surface area contributed by atoms with Gasteiger partial charge in [-0.2, -0.15) is 0 Å². The highest BCUT2D eigenvalue weighted by atomic mass is 16.3. The van der Waals surface area contributed by atoms with Gasteiger partial charge in [0.05, 0.1) is 5.69 Å². The minimum absolute atomic E-state index is 0.0345. The fraction of sp³-hybridized carbons (Fsp3) is 0.200. The lowest BCUT2D eigenvalue weighted by atomic mass is 10.1. The lowest BCUT2D eigenvalue weighted by Crippen LogP contribution is -2.12. The number of carbonyl (C=O) groups is 1. The lowest BCUT2D eigenvalue weighted by Gasteiger charge is -2.04. The van der Waals surface area contributed by atoms with Gasteiger partial charge in [-0.25, -0.2) is 4.98 Å². The molecule has 0 aliphatic heterocycles. The second-order valence-electron chi connectivity index (χ2n) is 6.11. The number of aryl methyl sites for hydroxylation is 2. The van der Waals surface area contributed by atoms with Crippen molar-refractivity contribution < 1.29 is 9.21 Å². The van der Waals surface area contributed by atoms with E-state index in [0.717, 1.165) is 23.3 Å². The van der Waals surface area contributed by atoms with E-state index in [1.165, 1.54) is 28.2 Å². The summed E-state index contributed by atoms with van der Waals surface area (Å²) in [6.45, 7) is 2.15. The molecule has 0 bridgehead atoms. The van der Waals surface area contributed by atoms with Crippen LogP contribution < -0.4 is 5.32 Å². The summed E-state index contributed by atoms with van der Waals surface area (Å²) in [6.07, 6.45) is 4.86. The van der Waals surface area contributed by atoms with Crippen molar-refractivity contribution in [2.75, 3.05) is 5.32 Å².